The van der Waals surface area contributed by atoms with Crippen LogP contribution in [0.2, 0.25) is 0 Å². The van der Waals surface area contributed by atoms with Crippen LogP contribution in [0.4, 0.5) is 17.8 Å². The van der Waals surface area contributed by atoms with Gasteiger partial charge in [-0.05, 0) is 12.8 Å². The van der Waals surface area contributed by atoms with Crippen molar-refractivity contribution >= 4 is 17.8 Å². The van der Waals surface area contributed by atoms with Gasteiger partial charge in [0.15, 0.2) is 0 Å². The fourth-order valence-electron chi connectivity index (χ4n) is 1.36. The molecule has 0 spiro atoms. The van der Waals surface area contributed by atoms with Gasteiger partial charge in [0.2, 0.25) is 17.8 Å². The lowest BCUT2D eigenvalue weighted by atomic mass is 10.1. The number of hydrogen-bond donors (Lipinski definition) is 1. The summed E-state index contributed by atoms with van der Waals surface area (Å²) in [5.74, 6) is 1.96. The smallest absolute Gasteiger partial charge is 0.231 e. The van der Waals surface area contributed by atoms with Crippen LogP contribution in [0.5, 0.6) is 0 Å². The molecule has 0 bridgehead atoms. The highest BCUT2D eigenvalue weighted by molar-refractivity contribution is 5.42. The largest absolute Gasteiger partial charge is 0.368 e. The molecular formula is C11H22N6. The van der Waals surface area contributed by atoms with Crippen molar-refractivity contribution < 1.29 is 0 Å². The van der Waals surface area contributed by atoms with Gasteiger partial charge in [0, 0.05) is 27.2 Å². The number of anilines is 3. The molecule has 0 radical (unpaired) electrons. The Hall–Kier alpha value is -1.59. The van der Waals surface area contributed by atoms with Crippen molar-refractivity contribution in [3.63, 3.8) is 0 Å². The Morgan fingerprint density at radius 3 is 1.94 bits per heavy atom. The molecule has 1 heterocycles. The molecule has 96 valence electrons. The molecule has 6 nitrogen and oxygen atoms in total. The Bertz CT molecular complexity index is 376. The maximum absolute atomic E-state index is 5.70. The first kappa shape index (κ1) is 13.5. The van der Waals surface area contributed by atoms with E-state index in [1.165, 1.54) is 0 Å². The Balaban J connectivity index is 3.05. The van der Waals surface area contributed by atoms with E-state index in [1.54, 1.807) is 0 Å². The van der Waals surface area contributed by atoms with Gasteiger partial charge in [-0.25, -0.2) is 0 Å². The first-order valence-electron chi connectivity index (χ1n) is 5.74. The van der Waals surface area contributed by atoms with Gasteiger partial charge in [0.25, 0.3) is 0 Å². The lowest BCUT2D eigenvalue weighted by molar-refractivity contribution is 0.499. The van der Waals surface area contributed by atoms with Gasteiger partial charge in [0.1, 0.15) is 0 Å². The van der Waals surface area contributed by atoms with Gasteiger partial charge >= 0.3 is 0 Å². The Kier molecular flexibility index (Phi) is 4.09. The van der Waals surface area contributed by atoms with Crippen LogP contribution in [-0.4, -0.2) is 42.1 Å². The summed E-state index contributed by atoms with van der Waals surface area (Å²) in [5, 5.41) is 0. The summed E-state index contributed by atoms with van der Waals surface area (Å²) < 4.78 is 0. The minimum Gasteiger partial charge on any atom is -0.368 e. The molecule has 17 heavy (non-hydrogen) atoms. The highest BCUT2D eigenvalue weighted by atomic mass is 15.3. The van der Waals surface area contributed by atoms with Crippen LogP contribution in [0.25, 0.3) is 0 Å². The van der Waals surface area contributed by atoms with E-state index in [4.69, 9.17) is 5.73 Å². The maximum atomic E-state index is 5.70. The summed E-state index contributed by atoms with van der Waals surface area (Å²) in [5.41, 5.74) is 5.70. The van der Waals surface area contributed by atoms with E-state index in [2.05, 4.69) is 35.7 Å². The van der Waals surface area contributed by atoms with Crippen LogP contribution in [0.15, 0.2) is 0 Å². The maximum Gasteiger partial charge on any atom is 0.231 e. The van der Waals surface area contributed by atoms with Crippen molar-refractivity contribution in [1.82, 2.24) is 15.0 Å². The number of rotatable bonds is 4. The molecule has 0 aromatic carbocycles. The molecule has 6 heteroatoms. The van der Waals surface area contributed by atoms with Crippen molar-refractivity contribution in [3.05, 3.63) is 0 Å². The summed E-state index contributed by atoms with van der Waals surface area (Å²) in [7, 11) is 5.73. The quantitative estimate of drug-likeness (QED) is 0.843. The van der Waals surface area contributed by atoms with Gasteiger partial charge in [-0.2, -0.15) is 15.0 Å². The monoisotopic (exact) mass is 238 g/mol. The molecule has 0 fully saturated rings. The van der Waals surface area contributed by atoms with Crippen molar-refractivity contribution in [2.45, 2.75) is 26.8 Å². The molecule has 1 atom stereocenters. The fourth-order valence-corrected chi connectivity index (χ4v) is 1.36. The lowest BCUT2D eigenvalue weighted by Gasteiger charge is -2.28. The third-order valence-electron chi connectivity index (χ3n) is 2.92. The number of nitrogen functional groups attached to an aromatic ring is 1. The van der Waals surface area contributed by atoms with E-state index in [0.717, 1.165) is 0 Å². The van der Waals surface area contributed by atoms with Gasteiger partial charge in [-0.3, -0.25) is 0 Å². The van der Waals surface area contributed by atoms with Crippen LogP contribution in [0.3, 0.4) is 0 Å². The normalized spacial score (nSPS) is 12.6. The molecule has 2 N–H and O–H groups in total. The minimum absolute atomic E-state index is 0.251. The molecule has 1 aromatic rings. The Labute approximate surface area is 103 Å². The summed E-state index contributed by atoms with van der Waals surface area (Å²) in [6.07, 6.45) is 0. The molecule has 1 unspecified atom stereocenters. The molecule has 1 rings (SSSR count). The summed E-state index contributed by atoms with van der Waals surface area (Å²) in [4.78, 5) is 16.5. The Morgan fingerprint density at radius 2 is 1.47 bits per heavy atom. The lowest BCUT2D eigenvalue weighted by Crippen LogP contribution is -2.35. The summed E-state index contributed by atoms with van der Waals surface area (Å²) >= 11 is 0. The van der Waals surface area contributed by atoms with Crippen LogP contribution >= 0.6 is 0 Å². The van der Waals surface area contributed by atoms with E-state index >= 15 is 0 Å². The van der Waals surface area contributed by atoms with Crippen molar-refractivity contribution in [2.75, 3.05) is 36.7 Å². The number of nitrogens with two attached hydrogens (primary N) is 1. The third kappa shape index (κ3) is 3.18. The standard InChI is InChI=1S/C11H22N6/c1-7(2)8(3)17(6)11-14-9(12)13-10(15-11)16(4)5/h7-8H,1-6H3,(H2,12,13,14,15). The van der Waals surface area contributed by atoms with Crippen LogP contribution in [0, 0.1) is 5.92 Å². The zero-order valence-corrected chi connectivity index (χ0v) is 11.5. The second-order valence-corrected chi connectivity index (χ2v) is 4.78. The summed E-state index contributed by atoms with van der Waals surface area (Å²) in [6, 6.07) is 0.340. The molecule has 0 amide bonds. The predicted octanol–water partition coefficient (Wildman–Crippen LogP) is 1.00. The second kappa shape index (κ2) is 5.16. The van der Waals surface area contributed by atoms with E-state index in [1.807, 2.05) is 30.9 Å². The topological polar surface area (TPSA) is 71.2 Å². The van der Waals surface area contributed by atoms with E-state index in [9.17, 15) is 0 Å². The molecule has 0 saturated heterocycles. The third-order valence-corrected chi connectivity index (χ3v) is 2.92. The van der Waals surface area contributed by atoms with Crippen LogP contribution < -0.4 is 15.5 Å². The van der Waals surface area contributed by atoms with Crippen molar-refractivity contribution in [3.8, 4) is 0 Å². The van der Waals surface area contributed by atoms with Crippen LogP contribution in [-0.2, 0) is 0 Å². The average molecular weight is 238 g/mol. The molecule has 1 aromatic heterocycles. The first-order chi connectivity index (χ1) is 7.82. The van der Waals surface area contributed by atoms with Gasteiger partial charge in [-0.15, -0.1) is 0 Å². The van der Waals surface area contributed by atoms with Crippen molar-refractivity contribution in [2.24, 2.45) is 5.92 Å². The van der Waals surface area contributed by atoms with Crippen LogP contribution in [0.1, 0.15) is 20.8 Å². The number of aromatic nitrogens is 3. The van der Waals surface area contributed by atoms with Gasteiger partial charge in [-0.1, -0.05) is 13.8 Å². The van der Waals surface area contributed by atoms with E-state index < -0.39 is 0 Å². The first-order valence-corrected chi connectivity index (χ1v) is 5.74. The minimum atomic E-state index is 0.251. The summed E-state index contributed by atoms with van der Waals surface area (Å²) in [6.45, 7) is 6.47. The van der Waals surface area contributed by atoms with E-state index in [0.29, 0.717) is 23.9 Å². The number of hydrogen-bond acceptors (Lipinski definition) is 6. The highest BCUT2D eigenvalue weighted by Crippen LogP contribution is 2.17. The number of nitrogens with zero attached hydrogens (tertiary/aromatic N) is 5. The van der Waals surface area contributed by atoms with Crippen molar-refractivity contribution in [1.29, 1.82) is 0 Å². The van der Waals surface area contributed by atoms with Gasteiger partial charge in [0.05, 0.1) is 0 Å². The highest BCUT2D eigenvalue weighted by Gasteiger charge is 2.17. The predicted molar refractivity (Wildman–Crippen MR) is 71.3 cm³/mol. The molecular weight excluding hydrogens is 216 g/mol. The van der Waals surface area contributed by atoms with Gasteiger partial charge < -0.3 is 15.5 Å². The fraction of sp³-hybridized carbons (Fsp3) is 0.727. The molecule has 0 saturated carbocycles. The molecule has 0 aliphatic carbocycles. The second-order valence-electron chi connectivity index (χ2n) is 4.78. The molecule has 0 aliphatic rings. The molecule has 0 aliphatic heterocycles. The SMILES string of the molecule is CC(C)C(C)N(C)c1nc(N)nc(N(C)C)n1. The Morgan fingerprint density at radius 1 is 0.941 bits per heavy atom. The zero-order chi connectivity index (χ0) is 13.2. The van der Waals surface area contributed by atoms with E-state index in [-0.39, 0.29) is 5.95 Å². The zero-order valence-electron chi connectivity index (χ0n) is 11.5. The average Bonchev–Trinajstić information content (AvgIpc) is 2.25.